The molecule has 8 nitrogen and oxygen atoms in total. The predicted octanol–water partition coefficient (Wildman–Crippen LogP) is 4.44. The summed E-state index contributed by atoms with van der Waals surface area (Å²) in [5, 5.41) is 3.74. The maximum absolute atomic E-state index is 12.7. The lowest BCUT2D eigenvalue weighted by Crippen LogP contribution is -2.26. The van der Waals surface area contributed by atoms with Gasteiger partial charge in [0.2, 0.25) is 10.0 Å². The first-order valence-corrected chi connectivity index (χ1v) is 12.4. The summed E-state index contributed by atoms with van der Waals surface area (Å²) < 4.78 is 33.0. The Labute approximate surface area is 193 Å². The second kappa shape index (κ2) is 8.72. The molecule has 4 aromatic rings. The third-order valence-corrected chi connectivity index (χ3v) is 7.41. The lowest BCUT2D eigenvalue weighted by atomic mass is 9.86. The lowest BCUT2D eigenvalue weighted by Gasteiger charge is -2.19. The number of nitrogens with zero attached hydrogens (tertiary/aromatic N) is 3. The standard InChI is InChI=1S/C24H29N5O3S/c1-15-22(16(2)32-29-15)33(30,31)27-12-6-7-19-20(28-23-21(19)25-13-14-26-23)17-8-10-18(11-9-17)24(3,4)5/h8-11,13-14,27H,6-7,12H2,1-5H3,(H,26,28). The summed E-state index contributed by atoms with van der Waals surface area (Å²) in [4.78, 5) is 12.5. The fourth-order valence-electron chi connectivity index (χ4n) is 3.99. The van der Waals surface area contributed by atoms with Crippen molar-refractivity contribution in [3.05, 3.63) is 59.2 Å². The van der Waals surface area contributed by atoms with Gasteiger partial charge in [0, 0.05) is 24.5 Å². The van der Waals surface area contributed by atoms with E-state index in [0.717, 1.165) is 28.0 Å². The minimum atomic E-state index is -3.68. The largest absolute Gasteiger partial charge is 0.360 e. The van der Waals surface area contributed by atoms with Gasteiger partial charge >= 0.3 is 0 Å². The van der Waals surface area contributed by atoms with Gasteiger partial charge in [0.05, 0.1) is 5.69 Å². The Morgan fingerprint density at radius 1 is 1.06 bits per heavy atom. The number of fused-ring (bicyclic) bond motifs is 1. The zero-order chi connectivity index (χ0) is 23.8. The quantitative estimate of drug-likeness (QED) is 0.389. The summed E-state index contributed by atoms with van der Waals surface area (Å²) in [6, 6.07) is 8.50. The topological polar surface area (TPSA) is 114 Å². The molecule has 0 radical (unpaired) electrons. The average Bonchev–Trinajstić information content (AvgIpc) is 3.30. The van der Waals surface area contributed by atoms with Gasteiger partial charge in [-0.2, -0.15) is 0 Å². The smallest absolute Gasteiger partial charge is 0.245 e. The highest BCUT2D eigenvalue weighted by molar-refractivity contribution is 7.89. The van der Waals surface area contributed by atoms with E-state index in [0.29, 0.717) is 18.5 Å². The first-order chi connectivity index (χ1) is 15.6. The van der Waals surface area contributed by atoms with Gasteiger partial charge in [-0.3, -0.25) is 4.98 Å². The molecule has 0 amide bonds. The second-order valence-electron chi connectivity index (χ2n) is 9.21. The Morgan fingerprint density at radius 2 is 1.76 bits per heavy atom. The highest BCUT2D eigenvalue weighted by atomic mass is 32.2. The molecule has 0 saturated carbocycles. The van der Waals surface area contributed by atoms with E-state index in [1.807, 2.05) is 0 Å². The molecule has 0 aliphatic heterocycles. The summed E-state index contributed by atoms with van der Waals surface area (Å²) in [5.41, 5.74) is 6.25. The van der Waals surface area contributed by atoms with Gasteiger partial charge < -0.3 is 9.51 Å². The summed E-state index contributed by atoms with van der Waals surface area (Å²) in [6.45, 7) is 10.1. The van der Waals surface area contributed by atoms with E-state index in [9.17, 15) is 8.42 Å². The van der Waals surface area contributed by atoms with Gasteiger partial charge in [-0.15, -0.1) is 0 Å². The highest BCUT2D eigenvalue weighted by Crippen LogP contribution is 2.31. The molecule has 174 valence electrons. The Kier molecular flexibility index (Phi) is 6.11. The molecule has 0 unspecified atom stereocenters. The summed E-state index contributed by atoms with van der Waals surface area (Å²) in [5.74, 6) is 0.285. The first kappa shape index (κ1) is 23.1. The number of aromatic amines is 1. The summed E-state index contributed by atoms with van der Waals surface area (Å²) in [6.07, 6.45) is 4.57. The van der Waals surface area contributed by atoms with E-state index in [1.54, 1.807) is 26.2 Å². The molecule has 0 saturated heterocycles. The van der Waals surface area contributed by atoms with E-state index in [1.165, 1.54) is 5.56 Å². The van der Waals surface area contributed by atoms with Gasteiger partial charge in [0.15, 0.2) is 11.4 Å². The first-order valence-electron chi connectivity index (χ1n) is 10.9. The van der Waals surface area contributed by atoms with E-state index in [4.69, 9.17) is 4.52 Å². The second-order valence-corrected chi connectivity index (χ2v) is 10.9. The lowest BCUT2D eigenvalue weighted by molar-refractivity contribution is 0.390. The summed E-state index contributed by atoms with van der Waals surface area (Å²) >= 11 is 0. The molecule has 3 aromatic heterocycles. The number of H-pyrrole nitrogens is 1. The molecular weight excluding hydrogens is 438 g/mol. The SMILES string of the molecule is Cc1noc(C)c1S(=O)(=O)NCCCc1c(-c2ccc(C(C)(C)C)cc2)[nH]c2nccnc12. The predicted molar refractivity (Wildman–Crippen MR) is 128 cm³/mol. The van der Waals surface area contributed by atoms with Crippen molar-refractivity contribution in [3.63, 3.8) is 0 Å². The zero-order valence-corrected chi connectivity index (χ0v) is 20.4. The van der Waals surface area contributed by atoms with E-state index < -0.39 is 10.0 Å². The normalized spacial score (nSPS) is 12.5. The molecule has 9 heteroatoms. The molecular formula is C24H29N5O3S. The number of aromatic nitrogens is 4. The Bertz CT molecular complexity index is 1360. The van der Waals surface area contributed by atoms with Crippen LogP contribution in [0.5, 0.6) is 0 Å². The Balaban J connectivity index is 1.55. The van der Waals surface area contributed by atoms with E-state index in [-0.39, 0.29) is 22.6 Å². The van der Waals surface area contributed by atoms with Gasteiger partial charge in [0.1, 0.15) is 16.1 Å². The van der Waals surface area contributed by atoms with Crippen LogP contribution in [0.4, 0.5) is 0 Å². The third-order valence-electron chi connectivity index (χ3n) is 5.70. The van der Waals surface area contributed by atoms with Crippen molar-refractivity contribution < 1.29 is 12.9 Å². The minimum absolute atomic E-state index is 0.0727. The van der Waals surface area contributed by atoms with Gasteiger partial charge in [-0.05, 0) is 43.2 Å². The maximum atomic E-state index is 12.7. The zero-order valence-electron chi connectivity index (χ0n) is 19.6. The minimum Gasteiger partial charge on any atom is -0.360 e. The monoisotopic (exact) mass is 467 g/mol. The Hall–Kier alpha value is -3.04. The maximum Gasteiger partial charge on any atom is 0.245 e. The molecule has 33 heavy (non-hydrogen) atoms. The van der Waals surface area contributed by atoms with Crippen LogP contribution < -0.4 is 4.72 Å². The number of benzene rings is 1. The number of hydrogen-bond donors (Lipinski definition) is 2. The van der Waals surface area contributed by atoms with Crippen molar-refractivity contribution in [1.29, 1.82) is 0 Å². The molecule has 0 aliphatic carbocycles. The molecule has 0 spiro atoms. The number of hydrogen-bond acceptors (Lipinski definition) is 6. The number of rotatable bonds is 7. The van der Waals surface area contributed by atoms with Crippen molar-refractivity contribution >= 4 is 21.2 Å². The van der Waals surface area contributed by atoms with Crippen LogP contribution >= 0.6 is 0 Å². The van der Waals surface area contributed by atoms with Crippen molar-refractivity contribution in [2.45, 2.75) is 57.8 Å². The van der Waals surface area contributed by atoms with E-state index in [2.05, 4.69) is 69.9 Å². The molecule has 0 aliphatic rings. The van der Waals surface area contributed by atoms with Crippen LogP contribution in [0.15, 0.2) is 46.1 Å². The number of nitrogens with one attached hydrogen (secondary N) is 2. The van der Waals surface area contributed by atoms with Crippen LogP contribution in [0.3, 0.4) is 0 Å². The molecule has 2 N–H and O–H groups in total. The highest BCUT2D eigenvalue weighted by Gasteiger charge is 2.24. The average molecular weight is 468 g/mol. The van der Waals surface area contributed by atoms with Gasteiger partial charge in [-0.25, -0.2) is 18.1 Å². The van der Waals surface area contributed by atoms with Crippen LogP contribution in [0.25, 0.3) is 22.4 Å². The molecule has 0 bridgehead atoms. The van der Waals surface area contributed by atoms with Crippen LogP contribution in [0.1, 0.15) is 49.8 Å². The van der Waals surface area contributed by atoms with Crippen molar-refractivity contribution in [2.24, 2.45) is 0 Å². The Morgan fingerprint density at radius 3 is 2.39 bits per heavy atom. The van der Waals surface area contributed by atoms with Gasteiger partial charge in [0.25, 0.3) is 0 Å². The fourth-order valence-corrected chi connectivity index (χ4v) is 5.39. The van der Waals surface area contributed by atoms with Crippen LogP contribution in [-0.2, 0) is 21.9 Å². The van der Waals surface area contributed by atoms with Crippen molar-refractivity contribution in [1.82, 2.24) is 24.8 Å². The van der Waals surface area contributed by atoms with Crippen LogP contribution in [0.2, 0.25) is 0 Å². The number of sulfonamides is 1. The fraction of sp³-hybridized carbons (Fsp3) is 0.375. The molecule has 1 aromatic carbocycles. The molecule has 3 heterocycles. The van der Waals surface area contributed by atoms with E-state index >= 15 is 0 Å². The molecule has 4 rings (SSSR count). The third kappa shape index (κ3) is 4.69. The molecule has 0 fully saturated rings. The van der Waals surface area contributed by atoms with Crippen LogP contribution in [-0.4, -0.2) is 35.1 Å². The van der Waals surface area contributed by atoms with Crippen LogP contribution in [0, 0.1) is 13.8 Å². The number of aryl methyl sites for hydroxylation is 3. The van der Waals surface area contributed by atoms with Crippen molar-refractivity contribution in [2.75, 3.05) is 6.54 Å². The molecule has 0 atom stereocenters. The van der Waals surface area contributed by atoms with Gasteiger partial charge in [-0.1, -0.05) is 50.2 Å². The summed E-state index contributed by atoms with van der Waals surface area (Å²) in [7, 11) is -3.68. The van der Waals surface area contributed by atoms with Crippen molar-refractivity contribution in [3.8, 4) is 11.3 Å².